The molecule has 0 heterocycles. The van der Waals surface area contributed by atoms with Crippen LogP contribution in [0.4, 0.5) is 5.69 Å². The number of halogens is 2. The predicted octanol–water partition coefficient (Wildman–Crippen LogP) is 6.63. The van der Waals surface area contributed by atoms with Gasteiger partial charge in [-0.25, -0.2) is 0 Å². The molecule has 0 saturated carbocycles. The van der Waals surface area contributed by atoms with Crippen molar-refractivity contribution in [2.24, 2.45) is 0 Å². The Morgan fingerprint density at radius 2 is 1.88 bits per heavy atom. The number of benzene rings is 3. The topological polar surface area (TPSA) is 80.6 Å². The minimum Gasteiger partial charge on any atom is -0.494 e. The van der Waals surface area contributed by atoms with Crippen LogP contribution in [-0.4, -0.2) is 19.6 Å². The number of carbonyl (C=O) groups is 1. The van der Waals surface area contributed by atoms with E-state index >= 15 is 0 Å². The van der Waals surface area contributed by atoms with Gasteiger partial charge in [-0.05, 0) is 61.0 Å². The maximum Gasteiger partial charge on any atom is 0.266 e. The minimum absolute atomic E-state index is 0.0890. The lowest BCUT2D eigenvalue weighted by Gasteiger charge is -2.14. The van der Waals surface area contributed by atoms with Crippen LogP contribution in [0.25, 0.3) is 6.08 Å². The molecule has 0 unspecified atom stereocenters. The molecule has 0 spiro atoms. The lowest BCUT2D eigenvalue weighted by Crippen LogP contribution is -2.13. The number of amides is 1. The number of carbonyl (C=O) groups excluding carboxylic acids is 1. The summed E-state index contributed by atoms with van der Waals surface area (Å²) in [6.45, 7) is 2.72. The van der Waals surface area contributed by atoms with Gasteiger partial charge < -0.3 is 19.5 Å². The van der Waals surface area contributed by atoms with Crippen molar-refractivity contribution in [3.63, 3.8) is 0 Å². The number of nitriles is 1. The van der Waals surface area contributed by atoms with Crippen molar-refractivity contribution >= 4 is 45.2 Å². The zero-order chi connectivity index (χ0) is 24.5. The fourth-order valence-electron chi connectivity index (χ4n) is 3.04. The molecule has 8 heteroatoms. The van der Waals surface area contributed by atoms with Gasteiger partial charge in [-0.2, -0.15) is 5.26 Å². The first-order valence-electron chi connectivity index (χ1n) is 10.3. The van der Waals surface area contributed by atoms with Crippen LogP contribution in [0.2, 0.25) is 5.02 Å². The second kappa shape index (κ2) is 12.1. The second-order valence-corrected chi connectivity index (χ2v) is 8.26. The van der Waals surface area contributed by atoms with Gasteiger partial charge in [0.25, 0.3) is 5.91 Å². The Bertz CT molecular complexity index is 1240. The summed E-state index contributed by atoms with van der Waals surface area (Å²) < 4.78 is 17.7. The molecular formula is C26H22BrClN2O4. The van der Waals surface area contributed by atoms with Crippen molar-refractivity contribution in [1.82, 2.24) is 0 Å². The molecule has 3 aromatic carbocycles. The van der Waals surface area contributed by atoms with E-state index in [1.807, 2.05) is 37.3 Å². The highest BCUT2D eigenvalue weighted by Crippen LogP contribution is 2.38. The summed E-state index contributed by atoms with van der Waals surface area (Å²) in [6, 6.07) is 19.8. The molecule has 1 amide bonds. The van der Waals surface area contributed by atoms with Crippen LogP contribution in [-0.2, 0) is 11.4 Å². The van der Waals surface area contributed by atoms with Gasteiger partial charge >= 0.3 is 0 Å². The maximum atomic E-state index is 12.6. The summed E-state index contributed by atoms with van der Waals surface area (Å²) in [5, 5.41) is 12.5. The van der Waals surface area contributed by atoms with E-state index in [9.17, 15) is 10.1 Å². The molecule has 174 valence electrons. The van der Waals surface area contributed by atoms with E-state index in [1.54, 1.807) is 36.4 Å². The number of anilines is 1. The van der Waals surface area contributed by atoms with Crippen molar-refractivity contribution in [2.75, 3.05) is 19.0 Å². The Morgan fingerprint density at radius 3 is 2.53 bits per heavy atom. The average molecular weight is 542 g/mol. The third-order valence-electron chi connectivity index (χ3n) is 4.68. The fourth-order valence-corrected chi connectivity index (χ4v) is 3.72. The van der Waals surface area contributed by atoms with Crippen LogP contribution in [0.15, 0.2) is 70.7 Å². The maximum absolute atomic E-state index is 12.6. The van der Waals surface area contributed by atoms with E-state index in [4.69, 9.17) is 25.8 Å². The van der Waals surface area contributed by atoms with Crippen LogP contribution in [0.3, 0.4) is 0 Å². The van der Waals surface area contributed by atoms with Gasteiger partial charge in [-0.15, -0.1) is 0 Å². The van der Waals surface area contributed by atoms with E-state index in [2.05, 4.69) is 21.2 Å². The third-order valence-corrected chi connectivity index (χ3v) is 5.74. The molecule has 0 atom stereocenters. The zero-order valence-corrected chi connectivity index (χ0v) is 20.9. The number of ether oxygens (including phenoxy) is 3. The molecule has 0 fully saturated rings. The fraction of sp³-hybridized carbons (Fsp3) is 0.154. The first kappa shape index (κ1) is 25.2. The molecule has 0 aromatic heterocycles. The summed E-state index contributed by atoms with van der Waals surface area (Å²) in [4.78, 5) is 12.6. The van der Waals surface area contributed by atoms with E-state index in [1.165, 1.54) is 13.2 Å². The van der Waals surface area contributed by atoms with Crippen molar-refractivity contribution in [1.29, 1.82) is 5.26 Å². The zero-order valence-electron chi connectivity index (χ0n) is 18.6. The first-order valence-corrected chi connectivity index (χ1v) is 11.5. The quantitative estimate of drug-likeness (QED) is 0.243. The molecule has 0 aliphatic carbocycles. The molecule has 0 bridgehead atoms. The summed E-state index contributed by atoms with van der Waals surface area (Å²) in [7, 11) is 1.49. The summed E-state index contributed by atoms with van der Waals surface area (Å²) in [6.07, 6.45) is 1.44. The van der Waals surface area contributed by atoms with Gasteiger partial charge in [0, 0.05) is 15.7 Å². The highest BCUT2D eigenvalue weighted by atomic mass is 79.9. The van der Waals surface area contributed by atoms with Gasteiger partial charge in [0.1, 0.15) is 24.0 Å². The second-order valence-electron chi connectivity index (χ2n) is 7.00. The van der Waals surface area contributed by atoms with Gasteiger partial charge in [0.05, 0.1) is 18.7 Å². The Hall–Kier alpha value is -3.47. The Labute approximate surface area is 211 Å². The number of hydrogen-bond donors (Lipinski definition) is 1. The number of rotatable bonds is 9. The molecule has 34 heavy (non-hydrogen) atoms. The third kappa shape index (κ3) is 6.53. The lowest BCUT2D eigenvalue weighted by molar-refractivity contribution is -0.112. The van der Waals surface area contributed by atoms with E-state index in [0.717, 1.165) is 10.0 Å². The van der Waals surface area contributed by atoms with Crippen molar-refractivity contribution in [3.8, 4) is 23.3 Å². The van der Waals surface area contributed by atoms with Crippen molar-refractivity contribution < 1.29 is 19.0 Å². The van der Waals surface area contributed by atoms with Gasteiger partial charge in [0.15, 0.2) is 11.5 Å². The predicted molar refractivity (Wildman–Crippen MR) is 136 cm³/mol. The summed E-state index contributed by atoms with van der Waals surface area (Å²) in [5.41, 5.74) is 1.92. The molecule has 6 nitrogen and oxygen atoms in total. The highest BCUT2D eigenvalue weighted by molar-refractivity contribution is 9.10. The Morgan fingerprint density at radius 1 is 1.15 bits per heavy atom. The number of hydrogen-bond acceptors (Lipinski definition) is 5. The SMILES string of the molecule is CCOc1ccc(NC(=O)/C(C#N)=C/c2cc(Cl)c(OCc3ccccc3Br)c(OC)c2)cc1. The molecule has 3 rings (SSSR count). The van der Waals surface area contributed by atoms with Crippen LogP contribution < -0.4 is 19.5 Å². The number of methoxy groups -OCH3 is 1. The average Bonchev–Trinajstić information content (AvgIpc) is 2.83. The minimum atomic E-state index is -0.545. The summed E-state index contributed by atoms with van der Waals surface area (Å²) >= 11 is 9.95. The highest BCUT2D eigenvalue weighted by Gasteiger charge is 2.15. The van der Waals surface area contributed by atoms with Crippen molar-refractivity contribution in [2.45, 2.75) is 13.5 Å². The Kier molecular flexibility index (Phi) is 8.97. The molecular weight excluding hydrogens is 520 g/mol. The van der Waals surface area contributed by atoms with Crippen LogP contribution in [0.1, 0.15) is 18.1 Å². The standard InChI is InChI=1S/C26H22BrClN2O4/c1-3-33-21-10-8-20(9-11-21)30-26(31)19(15-29)12-17-13-23(28)25(24(14-17)32-2)34-16-18-6-4-5-7-22(18)27/h4-14H,3,16H2,1-2H3,(H,30,31)/b19-12+. The Balaban J connectivity index is 1.78. The number of nitrogens with zero attached hydrogens (tertiary/aromatic N) is 1. The number of nitrogens with one attached hydrogen (secondary N) is 1. The van der Waals surface area contributed by atoms with Gasteiger partial charge in [0.2, 0.25) is 0 Å². The van der Waals surface area contributed by atoms with Crippen LogP contribution in [0.5, 0.6) is 17.2 Å². The molecule has 0 aliphatic heterocycles. The van der Waals surface area contributed by atoms with Crippen LogP contribution in [0, 0.1) is 11.3 Å². The molecule has 3 aromatic rings. The summed E-state index contributed by atoms with van der Waals surface area (Å²) in [5.74, 6) is 0.903. The molecule has 0 aliphatic rings. The largest absolute Gasteiger partial charge is 0.494 e. The van der Waals surface area contributed by atoms with E-state index in [0.29, 0.717) is 40.1 Å². The molecule has 1 N–H and O–H groups in total. The van der Waals surface area contributed by atoms with Gasteiger partial charge in [-0.3, -0.25) is 4.79 Å². The van der Waals surface area contributed by atoms with E-state index < -0.39 is 5.91 Å². The van der Waals surface area contributed by atoms with Gasteiger partial charge in [-0.1, -0.05) is 45.7 Å². The normalized spacial score (nSPS) is 10.9. The smallest absolute Gasteiger partial charge is 0.266 e. The van der Waals surface area contributed by atoms with Crippen molar-refractivity contribution in [3.05, 3.63) is 86.9 Å². The lowest BCUT2D eigenvalue weighted by atomic mass is 10.1. The van der Waals surface area contributed by atoms with Crippen LogP contribution >= 0.6 is 27.5 Å². The molecule has 0 radical (unpaired) electrons. The van der Waals surface area contributed by atoms with E-state index in [-0.39, 0.29) is 12.2 Å². The molecule has 0 saturated heterocycles. The first-order chi connectivity index (χ1) is 16.4. The monoisotopic (exact) mass is 540 g/mol.